The summed E-state index contributed by atoms with van der Waals surface area (Å²) >= 11 is 0. The van der Waals surface area contributed by atoms with Gasteiger partial charge < -0.3 is 5.73 Å². The maximum absolute atomic E-state index is 11.5. The molecule has 0 aliphatic carbocycles. The molecule has 2 amide bonds. The summed E-state index contributed by atoms with van der Waals surface area (Å²) in [6.07, 6.45) is 2.27. The predicted molar refractivity (Wildman–Crippen MR) is 53.1 cm³/mol. The van der Waals surface area contributed by atoms with E-state index in [9.17, 15) is 4.79 Å². The van der Waals surface area contributed by atoms with E-state index >= 15 is 0 Å². The Morgan fingerprint density at radius 3 is 2.54 bits per heavy atom. The van der Waals surface area contributed by atoms with E-state index in [-0.39, 0.29) is 6.03 Å². The van der Waals surface area contributed by atoms with Crippen molar-refractivity contribution >= 4 is 6.03 Å². The van der Waals surface area contributed by atoms with E-state index < -0.39 is 0 Å². The van der Waals surface area contributed by atoms with E-state index in [0.29, 0.717) is 16.4 Å². The van der Waals surface area contributed by atoms with Crippen molar-refractivity contribution in [3.8, 4) is 0 Å². The van der Waals surface area contributed by atoms with E-state index in [4.69, 9.17) is 5.73 Å². The lowest BCUT2D eigenvalue weighted by molar-refractivity contribution is -0.862. The van der Waals surface area contributed by atoms with Crippen molar-refractivity contribution in [2.45, 2.75) is 39.7 Å². The summed E-state index contributed by atoms with van der Waals surface area (Å²) in [5, 5.41) is 0. The quantitative estimate of drug-likeness (QED) is 0.654. The topological polar surface area (TPSA) is 43.1 Å². The number of quaternary nitrogens is 1. The Bertz CT molecular complexity index is 203. The average Bonchev–Trinajstić information content (AvgIpc) is 2.32. The third-order valence-corrected chi connectivity index (χ3v) is 3.15. The molecule has 1 aliphatic heterocycles. The molecule has 1 aliphatic rings. The summed E-state index contributed by atoms with van der Waals surface area (Å²) in [4.78, 5) is 11.5. The number of carbonyl (C=O) groups is 1. The second-order valence-electron chi connectivity index (χ2n) is 4.66. The van der Waals surface area contributed by atoms with E-state index in [2.05, 4.69) is 20.8 Å². The fraction of sp³-hybridized carbons (Fsp3) is 0.900. The zero-order valence-corrected chi connectivity index (χ0v) is 8.92. The minimum absolute atomic E-state index is 0.140. The minimum Gasteiger partial charge on any atom is -0.319 e. The van der Waals surface area contributed by atoms with Gasteiger partial charge in [0.25, 0.3) is 0 Å². The lowest BCUT2D eigenvalue weighted by atomic mass is 10.1. The van der Waals surface area contributed by atoms with Crippen LogP contribution in [0.4, 0.5) is 4.79 Å². The molecule has 3 heteroatoms. The van der Waals surface area contributed by atoms with Gasteiger partial charge in [-0.05, 0) is 6.92 Å². The molecule has 13 heavy (non-hydrogen) atoms. The largest absolute Gasteiger partial charge is 0.414 e. The lowest BCUT2D eigenvalue weighted by Gasteiger charge is -2.35. The summed E-state index contributed by atoms with van der Waals surface area (Å²) in [5.74, 6) is 0.535. The summed E-state index contributed by atoms with van der Waals surface area (Å²) in [6, 6.07) is 0.276. The van der Waals surface area contributed by atoms with Crippen LogP contribution >= 0.6 is 0 Å². The Labute approximate surface area is 80.5 Å². The van der Waals surface area contributed by atoms with Gasteiger partial charge >= 0.3 is 6.03 Å². The Kier molecular flexibility index (Phi) is 2.96. The number of primary amides is 1. The highest BCUT2D eigenvalue weighted by atomic mass is 16.2. The number of hydrogen-bond donors (Lipinski definition) is 1. The number of amides is 2. The Balaban J connectivity index is 2.80. The van der Waals surface area contributed by atoms with Gasteiger partial charge in [-0.3, -0.25) is 0 Å². The molecule has 0 bridgehead atoms. The third-order valence-electron chi connectivity index (χ3n) is 3.15. The number of hydrogen-bond acceptors (Lipinski definition) is 1. The highest BCUT2D eigenvalue weighted by Gasteiger charge is 2.44. The zero-order chi connectivity index (χ0) is 10.1. The van der Waals surface area contributed by atoms with Crippen LogP contribution in [0, 0.1) is 5.92 Å². The number of carbonyl (C=O) groups excluding carboxylic acids is 1. The smallest absolute Gasteiger partial charge is 0.319 e. The van der Waals surface area contributed by atoms with Gasteiger partial charge in [0, 0.05) is 18.8 Å². The van der Waals surface area contributed by atoms with Gasteiger partial charge in [0.05, 0.1) is 19.1 Å². The summed E-state index contributed by atoms with van der Waals surface area (Å²) in [7, 11) is 0. The van der Waals surface area contributed by atoms with Gasteiger partial charge in [0.15, 0.2) is 0 Å². The first-order valence-electron chi connectivity index (χ1n) is 5.16. The number of urea groups is 1. The molecule has 2 N–H and O–H groups in total. The second-order valence-corrected chi connectivity index (χ2v) is 4.66. The molecule has 1 saturated heterocycles. The fourth-order valence-electron chi connectivity index (χ4n) is 2.48. The fourth-order valence-corrected chi connectivity index (χ4v) is 2.48. The number of rotatable bonds is 2. The Hall–Kier alpha value is -0.570. The van der Waals surface area contributed by atoms with Crippen LogP contribution in [0.5, 0.6) is 0 Å². The molecule has 1 unspecified atom stereocenters. The van der Waals surface area contributed by atoms with Crippen LogP contribution in [0.25, 0.3) is 0 Å². The van der Waals surface area contributed by atoms with E-state index in [1.807, 2.05) is 0 Å². The molecule has 0 aromatic carbocycles. The van der Waals surface area contributed by atoms with Crippen LogP contribution in [0.15, 0.2) is 0 Å². The molecule has 0 radical (unpaired) electrons. The van der Waals surface area contributed by atoms with E-state index in [1.165, 1.54) is 0 Å². The Morgan fingerprint density at radius 2 is 2.23 bits per heavy atom. The number of nitrogens with zero attached hydrogens (tertiary/aromatic N) is 1. The summed E-state index contributed by atoms with van der Waals surface area (Å²) < 4.78 is 0.512. The van der Waals surface area contributed by atoms with Crippen molar-refractivity contribution in [2.24, 2.45) is 11.7 Å². The van der Waals surface area contributed by atoms with Gasteiger partial charge in [0.1, 0.15) is 0 Å². The number of nitrogens with two attached hydrogens (primary N) is 1. The first-order valence-corrected chi connectivity index (χ1v) is 5.16. The molecule has 1 fully saturated rings. The van der Waals surface area contributed by atoms with E-state index in [1.54, 1.807) is 0 Å². The monoisotopic (exact) mass is 185 g/mol. The maximum Gasteiger partial charge on any atom is 0.414 e. The summed E-state index contributed by atoms with van der Waals surface area (Å²) in [5.41, 5.74) is 5.50. The molecule has 0 aromatic rings. The predicted octanol–water partition coefficient (Wildman–Crippen LogP) is 1.72. The summed E-state index contributed by atoms with van der Waals surface area (Å²) in [6.45, 7) is 8.27. The van der Waals surface area contributed by atoms with Gasteiger partial charge in [0.2, 0.25) is 0 Å². The maximum atomic E-state index is 11.5. The molecule has 0 aromatic heterocycles. The highest BCUT2D eigenvalue weighted by Crippen LogP contribution is 2.28. The molecule has 1 rings (SSSR count). The van der Waals surface area contributed by atoms with Gasteiger partial charge in [-0.1, -0.05) is 13.8 Å². The SMILES string of the molecule is CC(C)C[N+]1(C(N)=O)CCC[C@H]1C. The van der Waals surface area contributed by atoms with Gasteiger partial charge in [-0.25, -0.2) is 9.28 Å². The molecule has 0 spiro atoms. The van der Waals surface area contributed by atoms with E-state index in [0.717, 1.165) is 25.9 Å². The molecule has 3 nitrogen and oxygen atoms in total. The minimum atomic E-state index is -0.140. The van der Waals surface area contributed by atoms with Crippen LogP contribution < -0.4 is 5.73 Å². The third kappa shape index (κ3) is 1.85. The lowest BCUT2D eigenvalue weighted by Crippen LogP contribution is -2.59. The normalized spacial score (nSPS) is 34.0. The van der Waals surface area contributed by atoms with Crippen molar-refractivity contribution in [3.05, 3.63) is 0 Å². The van der Waals surface area contributed by atoms with Crippen molar-refractivity contribution in [1.29, 1.82) is 0 Å². The highest BCUT2D eigenvalue weighted by molar-refractivity contribution is 5.64. The van der Waals surface area contributed by atoms with Gasteiger partial charge in [-0.2, -0.15) is 0 Å². The van der Waals surface area contributed by atoms with Crippen LogP contribution in [0.2, 0.25) is 0 Å². The standard InChI is InChI=1S/C10H20N2O/c1-8(2)7-12(10(11)13)6-4-5-9(12)3/h8-9H,4-7H2,1-3H3,(H-,11,13)/p+1/t9-,12?/m1/s1. The van der Waals surface area contributed by atoms with Crippen LogP contribution in [0.3, 0.4) is 0 Å². The van der Waals surface area contributed by atoms with Crippen LogP contribution in [-0.2, 0) is 0 Å². The van der Waals surface area contributed by atoms with Crippen molar-refractivity contribution in [2.75, 3.05) is 13.1 Å². The number of likely N-dealkylation sites (tertiary alicyclic amines) is 1. The molecular weight excluding hydrogens is 164 g/mol. The van der Waals surface area contributed by atoms with Crippen LogP contribution in [-0.4, -0.2) is 29.6 Å². The molecule has 2 atom stereocenters. The average molecular weight is 185 g/mol. The van der Waals surface area contributed by atoms with Crippen molar-refractivity contribution < 1.29 is 9.28 Å². The first-order chi connectivity index (χ1) is 5.99. The zero-order valence-electron chi connectivity index (χ0n) is 8.92. The Morgan fingerprint density at radius 1 is 1.62 bits per heavy atom. The molecule has 1 heterocycles. The van der Waals surface area contributed by atoms with Crippen LogP contribution in [0.1, 0.15) is 33.6 Å². The molecular formula is C10H21N2O+. The second kappa shape index (κ2) is 3.66. The van der Waals surface area contributed by atoms with Gasteiger partial charge in [-0.15, -0.1) is 0 Å². The molecule has 0 saturated carbocycles. The van der Waals surface area contributed by atoms with Crippen molar-refractivity contribution in [3.63, 3.8) is 0 Å². The first kappa shape index (κ1) is 10.5. The van der Waals surface area contributed by atoms with Crippen molar-refractivity contribution in [1.82, 2.24) is 0 Å². The molecule has 76 valence electrons.